The molecule has 0 atom stereocenters. The van der Waals surface area contributed by atoms with Crippen molar-refractivity contribution >= 4 is 22.4 Å². The molecule has 0 saturated heterocycles. The van der Waals surface area contributed by atoms with E-state index >= 15 is 0 Å². The largest absolute Gasteiger partial charge is 0.324 e. The van der Waals surface area contributed by atoms with Crippen LogP contribution in [-0.2, 0) is 17.8 Å². The van der Waals surface area contributed by atoms with Crippen molar-refractivity contribution in [2.24, 2.45) is 0 Å². The molecule has 0 aliphatic rings. The van der Waals surface area contributed by atoms with Crippen LogP contribution in [-0.4, -0.2) is 15.7 Å². The van der Waals surface area contributed by atoms with Gasteiger partial charge in [-0.15, -0.1) is 0 Å². The van der Waals surface area contributed by atoms with Crippen molar-refractivity contribution in [3.8, 4) is 0 Å². The maximum Gasteiger partial charge on any atom is 0.275 e. The van der Waals surface area contributed by atoms with E-state index in [1.807, 2.05) is 36.4 Å². The van der Waals surface area contributed by atoms with Crippen LogP contribution < -0.4 is 10.9 Å². The second-order valence-electron chi connectivity index (χ2n) is 5.69. The highest BCUT2D eigenvalue weighted by Gasteiger charge is 2.08. The van der Waals surface area contributed by atoms with E-state index in [2.05, 4.69) is 17.3 Å². The Bertz CT molecular complexity index is 914. The van der Waals surface area contributed by atoms with Gasteiger partial charge in [-0.05, 0) is 30.2 Å². The first-order valence-electron chi connectivity index (χ1n) is 8.01. The summed E-state index contributed by atoms with van der Waals surface area (Å²) in [5, 5.41) is 8.19. The SMILES string of the molecule is CCCc1ccc(NC(=O)Cn2ncc3ccccc3c2=O)cc1. The topological polar surface area (TPSA) is 64.0 Å². The first kappa shape index (κ1) is 15.9. The number of fused-ring (bicyclic) bond motifs is 1. The molecule has 3 rings (SSSR count). The van der Waals surface area contributed by atoms with E-state index < -0.39 is 0 Å². The monoisotopic (exact) mass is 321 g/mol. The first-order valence-corrected chi connectivity index (χ1v) is 8.01. The molecule has 0 fully saturated rings. The van der Waals surface area contributed by atoms with Crippen LogP contribution >= 0.6 is 0 Å². The molecule has 1 aromatic heterocycles. The highest BCUT2D eigenvalue weighted by atomic mass is 16.2. The molecule has 0 saturated carbocycles. The molecule has 0 unspecified atom stereocenters. The highest BCUT2D eigenvalue weighted by molar-refractivity contribution is 5.90. The number of hydrogen-bond acceptors (Lipinski definition) is 3. The van der Waals surface area contributed by atoms with Gasteiger partial charge in [-0.2, -0.15) is 5.10 Å². The summed E-state index contributed by atoms with van der Waals surface area (Å²) >= 11 is 0. The fourth-order valence-corrected chi connectivity index (χ4v) is 2.62. The summed E-state index contributed by atoms with van der Waals surface area (Å²) in [5.74, 6) is -0.275. The molecule has 1 amide bonds. The second-order valence-corrected chi connectivity index (χ2v) is 5.69. The molecule has 24 heavy (non-hydrogen) atoms. The molecule has 5 heteroatoms. The number of benzene rings is 2. The zero-order valence-corrected chi connectivity index (χ0v) is 13.5. The molecule has 0 aliphatic heterocycles. The van der Waals surface area contributed by atoms with E-state index in [-0.39, 0.29) is 18.0 Å². The van der Waals surface area contributed by atoms with Crippen molar-refractivity contribution in [3.63, 3.8) is 0 Å². The van der Waals surface area contributed by atoms with Gasteiger partial charge in [0.05, 0.1) is 11.6 Å². The number of aromatic nitrogens is 2. The molecule has 0 radical (unpaired) electrons. The Hall–Kier alpha value is -2.95. The van der Waals surface area contributed by atoms with Crippen molar-refractivity contribution in [1.29, 1.82) is 0 Å². The molecule has 5 nitrogen and oxygen atoms in total. The number of anilines is 1. The fraction of sp³-hybridized carbons (Fsp3) is 0.211. The molecule has 0 aliphatic carbocycles. The lowest BCUT2D eigenvalue weighted by Crippen LogP contribution is -2.29. The van der Waals surface area contributed by atoms with E-state index in [1.165, 1.54) is 10.2 Å². The minimum atomic E-state index is -0.275. The number of nitrogens with one attached hydrogen (secondary N) is 1. The molecule has 1 heterocycles. The zero-order valence-electron chi connectivity index (χ0n) is 13.5. The van der Waals surface area contributed by atoms with Gasteiger partial charge >= 0.3 is 0 Å². The second kappa shape index (κ2) is 7.08. The third-order valence-electron chi connectivity index (χ3n) is 3.83. The maximum atomic E-state index is 12.4. The summed E-state index contributed by atoms with van der Waals surface area (Å²) in [6.07, 6.45) is 3.70. The summed E-state index contributed by atoms with van der Waals surface area (Å²) in [7, 11) is 0. The highest BCUT2D eigenvalue weighted by Crippen LogP contribution is 2.11. The number of carbonyl (C=O) groups is 1. The smallest absolute Gasteiger partial charge is 0.275 e. The van der Waals surface area contributed by atoms with Crippen molar-refractivity contribution < 1.29 is 4.79 Å². The van der Waals surface area contributed by atoms with E-state index in [0.717, 1.165) is 18.2 Å². The Balaban J connectivity index is 1.73. The minimum absolute atomic E-state index is 0.111. The van der Waals surface area contributed by atoms with Crippen LogP contribution in [0.2, 0.25) is 0 Å². The number of carbonyl (C=O) groups excluding carboxylic acids is 1. The maximum absolute atomic E-state index is 12.4. The third kappa shape index (κ3) is 3.51. The predicted octanol–water partition coefficient (Wildman–Crippen LogP) is 2.99. The van der Waals surface area contributed by atoms with Crippen LogP contribution in [0.3, 0.4) is 0 Å². The molecule has 0 spiro atoms. The fourth-order valence-electron chi connectivity index (χ4n) is 2.62. The summed E-state index contributed by atoms with van der Waals surface area (Å²) in [5.41, 5.74) is 1.69. The summed E-state index contributed by atoms with van der Waals surface area (Å²) in [6.45, 7) is 2.02. The molecular formula is C19H19N3O2. The normalized spacial score (nSPS) is 10.7. The van der Waals surface area contributed by atoms with E-state index in [0.29, 0.717) is 11.1 Å². The summed E-state index contributed by atoms with van der Waals surface area (Å²) < 4.78 is 1.18. The van der Waals surface area contributed by atoms with Crippen molar-refractivity contribution in [3.05, 3.63) is 70.6 Å². The quantitative estimate of drug-likeness (QED) is 0.786. The Morgan fingerprint density at radius 2 is 1.88 bits per heavy atom. The van der Waals surface area contributed by atoms with Crippen molar-refractivity contribution in [2.45, 2.75) is 26.3 Å². The number of rotatable bonds is 5. The molecule has 122 valence electrons. The van der Waals surface area contributed by atoms with Crippen LogP contribution in [0.4, 0.5) is 5.69 Å². The van der Waals surface area contributed by atoms with Gasteiger partial charge < -0.3 is 5.32 Å². The number of aryl methyl sites for hydroxylation is 1. The Morgan fingerprint density at radius 1 is 1.12 bits per heavy atom. The van der Waals surface area contributed by atoms with Gasteiger partial charge in [-0.25, -0.2) is 4.68 Å². The lowest BCUT2D eigenvalue weighted by Gasteiger charge is -2.08. The third-order valence-corrected chi connectivity index (χ3v) is 3.83. The molecular weight excluding hydrogens is 302 g/mol. The van der Waals surface area contributed by atoms with Gasteiger partial charge in [-0.1, -0.05) is 43.7 Å². The number of hydrogen-bond donors (Lipinski definition) is 1. The average Bonchev–Trinajstić information content (AvgIpc) is 2.60. The Labute approximate surface area is 139 Å². The zero-order chi connectivity index (χ0) is 16.9. The van der Waals surface area contributed by atoms with Crippen LogP contribution in [0, 0.1) is 0 Å². The molecule has 0 bridgehead atoms. The average molecular weight is 321 g/mol. The number of nitrogens with zero attached hydrogens (tertiary/aromatic N) is 2. The van der Waals surface area contributed by atoms with Crippen LogP contribution in [0.1, 0.15) is 18.9 Å². The molecule has 1 N–H and O–H groups in total. The van der Waals surface area contributed by atoms with Gasteiger partial charge in [0.2, 0.25) is 5.91 Å². The minimum Gasteiger partial charge on any atom is -0.324 e. The first-order chi connectivity index (χ1) is 11.7. The van der Waals surface area contributed by atoms with Gasteiger partial charge in [0.1, 0.15) is 6.54 Å². The van der Waals surface area contributed by atoms with E-state index in [4.69, 9.17) is 0 Å². The van der Waals surface area contributed by atoms with Crippen molar-refractivity contribution in [1.82, 2.24) is 9.78 Å². The van der Waals surface area contributed by atoms with E-state index in [1.54, 1.807) is 18.3 Å². The lowest BCUT2D eigenvalue weighted by atomic mass is 10.1. The molecule has 2 aromatic carbocycles. The van der Waals surface area contributed by atoms with Crippen LogP contribution in [0.5, 0.6) is 0 Å². The van der Waals surface area contributed by atoms with Gasteiger partial charge in [0, 0.05) is 11.1 Å². The van der Waals surface area contributed by atoms with Crippen LogP contribution in [0.25, 0.3) is 10.8 Å². The van der Waals surface area contributed by atoms with E-state index in [9.17, 15) is 9.59 Å². The summed E-state index contributed by atoms with van der Waals surface area (Å²) in [6, 6.07) is 15.0. The predicted molar refractivity (Wildman–Crippen MR) is 95.1 cm³/mol. The standard InChI is InChI=1S/C19H19N3O2/c1-2-5-14-8-10-16(11-9-14)21-18(23)13-22-19(24)17-7-4-3-6-15(17)12-20-22/h3-4,6-12H,2,5,13H2,1H3,(H,21,23). The Morgan fingerprint density at radius 3 is 2.62 bits per heavy atom. The molecule has 3 aromatic rings. The summed E-state index contributed by atoms with van der Waals surface area (Å²) in [4.78, 5) is 24.5. The van der Waals surface area contributed by atoms with Crippen LogP contribution in [0.15, 0.2) is 59.5 Å². The van der Waals surface area contributed by atoms with Crippen molar-refractivity contribution in [2.75, 3.05) is 5.32 Å². The van der Waals surface area contributed by atoms with Gasteiger partial charge in [-0.3, -0.25) is 9.59 Å². The van der Waals surface area contributed by atoms with Gasteiger partial charge in [0.25, 0.3) is 5.56 Å². The Kier molecular flexibility index (Phi) is 4.70. The van der Waals surface area contributed by atoms with Gasteiger partial charge in [0.15, 0.2) is 0 Å². The number of amides is 1. The lowest BCUT2D eigenvalue weighted by molar-refractivity contribution is -0.117.